The van der Waals surface area contributed by atoms with Gasteiger partial charge in [0.1, 0.15) is 29.9 Å². The molecule has 1 aliphatic rings. The van der Waals surface area contributed by atoms with Crippen molar-refractivity contribution in [1.29, 1.82) is 0 Å². The van der Waals surface area contributed by atoms with Gasteiger partial charge >= 0.3 is 5.97 Å². The zero-order chi connectivity index (χ0) is 24.3. The SMILES string of the molecule is CCCc1cc(S(=O)(=O)N2CCC[C@@H]2C(=O)O)ccc1OCc1nc(-c2ccccc2)oc1C. The number of carboxylic acid groups (broad SMARTS) is 1. The summed E-state index contributed by atoms with van der Waals surface area (Å²) < 4.78 is 39.3. The highest BCUT2D eigenvalue weighted by atomic mass is 32.2. The van der Waals surface area contributed by atoms with Crippen LogP contribution < -0.4 is 4.74 Å². The maximum Gasteiger partial charge on any atom is 0.322 e. The largest absolute Gasteiger partial charge is 0.487 e. The van der Waals surface area contributed by atoms with Gasteiger partial charge in [0, 0.05) is 12.1 Å². The summed E-state index contributed by atoms with van der Waals surface area (Å²) in [4.78, 5) is 16.2. The van der Waals surface area contributed by atoms with Crippen molar-refractivity contribution in [2.45, 2.75) is 57.1 Å². The predicted octanol–water partition coefficient (Wildman–Crippen LogP) is 4.42. The fourth-order valence-corrected chi connectivity index (χ4v) is 5.85. The molecule has 4 rings (SSSR count). The molecule has 180 valence electrons. The minimum absolute atomic E-state index is 0.0837. The monoisotopic (exact) mass is 484 g/mol. The Morgan fingerprint density at radius 1 is 1.24 bits per heavy atom. The van der Waals surface area contributed by atoms with Crippen molar-refractivity contribution < 1.29 is 27.5 Å². The van der Waals surface area contributed by atoms with Crippen LogP contribution in [0.5, 0.6) is 5.75 Å². The summed E-state index contributed by atoms with van der Waals surface area (Å²) in [5.41, 5.74) is 2.29. The van der Waals surface area contributed by atoms with Crippen LogP contribution in [0.4, 0.5) is 0 Å². The van der Waals surface area contributed by atoms with E-state index in [0.717, 1.165) is 21.9 Å². The molecule has 0 spiro atoms. The predicted molar refractivity (Wildman–Crippen MR) is 126 cm³/mol. The van der Waals surface area contributed by atoms with Crippen LogP contribution >= 0.6 is 0 Å². The Kier molecular flexibility index (Phi) is 7.04. The van der Waals surface area contributed by atoms with E-state index in [0.29, 0.717) is 42.4 Å². The van der Waals surface area contributed by atoms with Gasteiger partial charge in [0.05, 0.1) is 4.90 Å². The summed E-state index contributed by atoms with van der Waals surface area (Å²) in [6, 6.07) is 13.3. The van der Waals surface area contributed by atoms with Gasteiger partial charge in [0.15, 0.2) is 0 Å². The van der Waals surface area contributed by atoms with Crippen LogP contribution in [0.15, 0.2) is 57.8 Å². The summed E-state index contributed by atoms with van der Waals surface area (Å²) >= 11 is 0. The molecule has 0 bridgehead atoms. The average Bonchev–Trinajstić information content (AvgIpc) is 3.47. The maximum absolute atomic E-state index is 13.2. The molecule has 1 saturated heterocycles. The van der Waals surface area contributed by atoms with E-state index in [4.69, 9.17) is 9.15 Å². The minimum atomic E-state index is -3.92. The smallest absolute Gasteiger partial charge is 0.322 e. The van der Waals surface area contributed by atoms with Crippen LogP contribution in [0.25, 0.3) is 11.5 Å². The lowest BCUT2D eigenvalue weighted by Gasteiger charge is -2.22. The van der Waals surface area contributed by atoms with E-state index in [-0.39, 0.29) is 18.0 Å². The molecule has 9 heteroatoms. The summed E-state index contributed by atoms with van der Waals surface area (Å²) in [5.74, 6) is 0.627. The molecule has 0 amide bonds. The highest BCUT2D eigenvalue weighted by Gasteiger charge is 2.39. The van der Waals surface area contributed by atoms with Gasteiger partial charge in [-0.25, -0.2) is 13.4 Å². The first-order chi connectivity index (χ1) is 16.3. The number of hydrogen-bond donors (Lipinski definition) is 1. The number of hydrogen-bond acceptors (Lipinski definition) is 6. The van der Waals surface area contributed by atoms with Gasteiger partial charge in [-0.1, -0.05) is 31.5 Å². The summed E-state index contributed by atoms with van der Waals surface area (Å²) in [6.07, 6.45) is 2.26. The average molecular weight is 485 g/mol. The number of ether oxygens (including phenoxy) is 1. The molecule has 3 aromatic rings. The molecule has 2 aromatic carbocycles. The Morgan fingerprint density at radius 2 is 2.00 bits per heavy atom. The second-order valence-corrected chi connectivity index (χ2v) is 10.2. The van der Waals surface area contributed by atoms with Crippen LogP contribution in [0.1, 0.15) is 43.2 Å². The molecular weight excluding hydrogens is 456 g/mol. The molecule has 0 radical (unpaired) electrons. The molecule has 1 fully saturated rings. The zero-order valence-corrected chi connectivity index (χ0v) is 20.0. The Balaban J connectivity index is 1.56. The molecule has 8 nitrogen and oxygen atoms in total. The molecule has 34 heavy (non-hydrogen) atoms. The maximum atomic E-state index is 13.2. The van der Waals surface area contributed by atoms with Gasteiger partial charge in [0.25, 0.3) is 0 Å². The van der Waals surface area contributed by atoms with Crippen molar-refractivity contribution >= 4 is 16.0 Å². The van der Waals surface area contributed by atoms with Crippen LogP contribution in [-0.2, 0) is 27.8 Å². The number of rotatable bonds is 9. The standard InChI is InChI=1S/C25H28N2O6S/c1-3-8-19-15-20(34(30,31)27-14-7-11-22(27)25(28)29)12-13-23(19)32-16-21-17(2)33-24(26-21)18-9-5-4-6-10-18/h4-6,9-10,12-13,15,22H,3,7-8,11,14,16H2,1-2H3,(H,28,29)/t22-/m1/s1. The highest BCUT2D eigenvalue weighted by molar-refractivity contribution is 7.89. The van der Waals surface area contributed by atoms with Crippen LogP contribution in [0.2, 0.25) is 0 Å². The molecule has 2 heterocycles. The number of aryl methyl sites for hydroxylation is 2. The lowest BCUT2D eigenvalue weighted by atomic mass is 10.1. The van der Waals surface area contributed by atoms with Crippen molar-refractivity contribution in [1.82, 2.24) is 9.29 Å². The third kappa shape index (κ3) is 4.85. The number of aromatic nitrogens is 1. The van der Waals surface area contributed by atoms with Gasteiger partial charge < -0.3 is 14.3 Å². The molecule has 0 aliphatic carbocycles. The van der Waals surface area contributed by atoms with Crippen molar-refractivity contribution in [3.8, 4) is 17.2 Å². The molecule has 0 unspecified atom stereocenters. The third-order valence-corrected chi connectivity index (χ3v) is 7.83. The number of oxazole rings is 1. The van der Waals surface area contributed by atoms with Crippen LogP contribution in [0, 0.1) is 6.92 Å². The van der Waals surface area contributed by atoms with Gasteiger partial charge in [0.2, 0.25) is 15.9 Å². The lowest BCUT2D eigenvalue weighted by molar-refractivity contribution is -0.140. The topological polar surface area (TPSA) is 110 Å². The number of nitrogens with zero attached hydrogens (tertiary/aromatic N) is 2. The van der Waals surface area contributed by atoms with Crippen molar-refractivity contribution in [3.63, 3.8) is 0 Å². The molecule has 0 saturated carbocycles. The van der Waals surface area contributed by atoms with E-state index in [2.05, 4.69) is 4.98 Å². The number of aliphatic carboxylic acids is 1. The molecular formula is C25H28N2O6S. The molecule has 1 aliphatic heterocycles. The van der Waals surface area contributed by atoms with Gasteiger partial charge in [-0.2, -0.15) is 4.31 Å². The highest BCUT2D eigenvalue weighted by Crippen LogP contribution is 2.31. The van der Waals surface area contributed by atoms with Gasteiger partial charge in [-0.05, 0) is 62.1 Å². The first-order valence-electron chi connectivity index (χ1n) is 11.3. The fourth-order valence-electron chi connectivity index (χ4n) is 4.14. The number of sulfonamides is 1. The lowest BCUT2D eigenvalue weighted by Crippen LogP contribution is -2.40. The normalized spacial score (nSPS) is 16.6. The van der Waals surface area contributed by atoms with E-state index < -0.39 is 22.0 Å². The number of benzene rings is 2. The molecule has 1 atom stereocenters. The Morgan fingerprint density at radius 3 is 2.71 bits per heavy atom. The minimum Gasteiger partial charge on any atom is -0.487 e. The van der Waals surface area contributed by atoms with E-state index >= 15 is 0 Å². The Bertz CT molecular complexity index is 1270. The van der Waals surface area contributed by atoms with Crippen LogP contribution in [-0.4, -0.2) is 41.4 Å². The van der Waals surface area contributed by atoms with E-state index in [1.165, 1.54) is 6.07 Å². The van der Waals surface area contributed by atoms with E-state index in [1.807, 2.05) is 44.2 Å². The first kappa shape index (κ1) is 24.0. The second kappa shape index (κ2) is 9.99. The first-order valence-corrected chi connectivity index (χ1v) is 12.8. The number of carboxylic acids is 1. The summed E-state index contributed by atoms with van der Waals surface area (Å²) in [7, 11) is -3.92. The van der Waals surface area contributed by atoms with Crippen molar-refractivity contribution in [2.24, 2.45) is 0 Å². The second-order valence-electron chi connectivity index (χ2n) is 8.31. The van der Waals surface area contributed by atoms with Crippen molar-refractivity contribution in [3.05, 3.63) is 65.5 Å². The Hall–Kier alpha value is -3.17. The summed E-state index contributed by atoms with van der Waals surface area (Å²) in [6.45, 7) is 4.21. The fraction of sp³-hybridized carbons (Fsp3) is 0.360. The third-order valence-electron chi connectivity index (χ3n) is 5.92. The number of carbonyl (C=O) groups is 1. The van der Waals surface area contributed by atoms with Crippen LogP contribution in [0.3, 0.4) is 0 Å². The van der Waals surface area contributed by atoms with Gasteiger partial charge in [-0.3, -0.25) is 4.79 Å². The van der Waals surface area contributed by atoms with E-state index in [9.17, 15) is 18.3 Å². The summed E-state index contributed by atoms with van der Waals surface area (Å²) in [5, 5.41) is 9.41. The van der Waals surface area contributed by atoms with E-state index in [1.54, 1.807) is 12.1 Å². The Labute approximate surface area is 199 Å². The quantitative estimate of drug-likeness (QED) is 0.479. The molecule has 1 N–H and O–H groups in total. The van der Waals surface area contributed by atoms with Gasteiger partial charge in [-0.15, -0.1) is 0 Å². The molecule has 1 aromatic heterocycles. The zero-order valence-electron chi connectivity index (χ0n) is 19.2. The van der Waals surface area contributed by atoms with Crippen molar-refractivity contribution in [2.75, 3.05) is 6.54 Å².